The molecule has 3 aromatic carbocycles. The third-order valence-corrected chi connectivity index (χ3v) is 8.74. The summed E-state index contributed by atoms with van der Waals surface area (Å²) >= 11 is 0. The Morgan fingerprint density at radius 1 is 0.881 bits per heavy atom. The second-order valence-electron chi connectivity index (χ2n) is 12.5. The number of benzene rings is 3. The van der Waals surface area contributed by atoms with E-state index in [2.05, 4.69) is 34.8 Å². The fraction of sp³-hybridized carbons (Fsp3) is 0.154. The van der Waals surface area contributed by atoms with Crippen LogP contribution >= 0.6 is 0 Å². The fourth-order valence-corrected chi connectivity index (χ4v) is 6.00. The summed E-state index contributed by atoms with van der Waals surface area (Å²) in [6, 6.07) is 24.2. The van der Waals surface area contributed by atoms with Gasteiger partial charge in [-0.25, -0.2) is 42.1 Å². The smallest absolute Gasteiger partial charge is 0.423 e. The van der Waals surface area contributed by atoms with Crippen LogP contribution < -0.4 is 24.4 Å². The van der Waals surface area contributed by atoms with Gasteiger partial charge in [0, 0.05) is 38.8 Å². The summed E-state index contributed by atoms with van der Waals surface area (Å²) in [6.07, 6.45) is -0.258. The molecular weight excluding hydrogens is 783 g/mol. The van der Waals surface area contributed by atoms with Gasteiger partial charge in [0.2, 0.25) is 39.1 Å². The molecule has 0 aliphatic carbocycles. The molecule has 3 amide bonds. The van der Waals surface area contributed by atoms with Crippen molar-refractivity contribution >= 4 is 73.7 Å². The van der Waals surface area contributed by atoms with Crippen molar-refractivity contribution in [2.24, 2.45) is 7.05 Å². The van der Waals surface area contributed by atoms with Crippen molar-refractivity contribution in [1.29, 1.82) is 0 Å². The SMILES string of the molecule is [C-]#[N+]c1c(NC(=O)CC)c(OC(=O)N(C)C)n(C)c1O.[C-]#[N+]c1c(OC(=O)N(c2ccccc2)c2ccccc2)c2[nH]nc(-c3cccc(NS(C)(=O)=O)c3)n2c1[N+]#[C-]. The van der Waals surface area contributed by atoms with Crippen LogP contribution in [0.1, 0.15) is 13.3 Å². The standard InChI is InChI=1S/C27H19N7O4S.C12H16N4O4/c1-28-22-23(38-27(35)33(20-13-6-4-7-14-20)21-15-8-5-9-16-21)26-31-30-24(34(26)25(22)29-2)18-11-10-12-19(17-18)32-39(3,36)37;1-6-7(17)14-9-8(13-2)10(18)16(5)11(9)20-12(19)15(3)4/h4-17,31-32H,3H3;18H,6H2,1,3-5H3,(H,14,17). The third-order valence-electron chi connectivity index (χ3n) is 8.13. The lowest BCUT2D eigenvalue weighted by atomic mass is 10.2. The highest BCUT2D eigenvalue weighted by atomic mass is 32.2. The molecule has 6 aromatic rings. The van der Waals surface area contributed by atoms with Gasteiger partial charge in [-0.15, -0.1) is 5.10 Å². The van der Waals surface area contributed by atoms with Crippen LogP contribution in [-0.4, -0.2) is 76.0 Å². The number of fused-ring (bicyclic) bond motifs is 1. The number of para-hydroxylation sites is 2. The summed E-state index contributed by atoms with van der Waals surface area (Å²) < 4.78 is 39.2. The number of carbonyl (C=O) groups is 3. The molecule has 0 unspecified atom stereocenters. The minimum absolute atomic E-state index is 0.0120. The predicted molar refractivity (Wildman–Crippen MR) is 219 cm³/mol. The predicted octanol–water partition coefficient (Wildman–Crippen LogP) is 7.83. The summed E-state index contributed by atoms with van der Waals surface area (Å²) in [7, 11) is 0.875. The summed E-state index contributed by atoms with van der Waals surface area (Å²) in [5.74, 6) is -0.867. The highest BCUT2D eigenvalue weighted by Crippen LogP contribution is 2.47. The lowest BCUT2D eigenvalue weighted by Crippen LogP contribution is -2.29. The monoisotopic (exact) mass is 817 g/mol. The van der Waals surface area contributed by atoms with Gasteiger partial charge >= 0.3 is 12.2 Å². The van der Waals surface area contributed by atoms with Gasteiger partial charge in [0.15, 0.2) is 11.6 Å². The zero-order chi connectivity index (χ0) is 43.0. The van der Waals surface area contributed by atoms with Crippen LogP contribution in [0.2, 0.25) is 0 Å². The molecule has 6 rings (SSSR count). The quantitative estimate of drug-likeness (QED) is 0.105. The Balaban J connectivity index is 0.000000280. The first-order chi connectivity index (χ1) is 28.1. The number of ether oxygens (including phenoxy) is 2. The van der Waals surface area contributed by atoms with Crippen LogP contribution in [0, 0.1) is 19.7 Å². The molecule has 0 saturated carbocycles. The van der Waals surface area contributed by atoms with Crippen molar-refractivity contribution in [1.82, 2.24) is 24.1 Å². The minimum atomic E-state index is -3.53. The Morgan fingerprint density at radius 3 is 2.02 bits per heavy atom. The second kappa shape index (κ2) is 17.7. The van der Waals surface area contributed by atoms with Gasteiger partial charge in [-0.1, -0.05) is 56.0 Å². The maximum atomic E-state index is 13.6. The lowest BCUT2D eigenvalue weighted by molar-refractivity contribution is -0.115. The molecule has 0 aliphatic heterocycles. The molecule has 3 heterocycles. The zero-order valence-corrected chi connectivity index (χ0v) is 32.9. The van der Waals surface area contributed by atoms with E-state index in [0.29, 0.717) is 22.6 Å². The molecule has 20 heteroatoms. The minimum Gasteiger partial charge on any atom is -0.503 e. The number of rotatable bonds is 9. The van der Waals surface area contributed by atoms with Crippen molar-refractivity contribution in [2.75, 3.05) is 35.3 Å². The number of H-pyrrole nitrogens is 1. The molecular formula is C39H35N11O8S. The lowest BCUT2D eigenvalue weighted by Gasteiger charge is -2.22. The van der Waals surface area contributed by atoms with E-state index in [-0.39, 0.29) is 64.2 Å². The van der Waals surface area contributed by atoms with Crippen molar-refractivity contribution in [2.45, 2.75) is 13.3 Å². The number of aromatic nitrogens is 4. The molecule has 0 spiro atoms. The van der Waals surface area contributed by atoms with E-state index in [9.17, 15) is 27.9 Å². The molecule has 3 aromatic heterocycles. The number of nitrogens with one attached hydrogen (secondary N) is 3. The Labute approximate surface area is 338 Å². The average Bonchev–Trinajstić information content (AvgIpc) is 3.84. The highest BCUT2D eigenvalue weighted by Gasteiger charge is 2.31. The van der Waals surface area contributed by atoms with Crippen LogP contribution in [0.3, 0.4) is 0 Å². The van der Waals surface area contributed by atoms with Gasteiger partial charge in [-0.2, -0.15) is 0 Å². The molecule has 0 bridgehead atoms. The number of aromatic amines is 1. The van der Waals surface area contributed by atoms with E-state index in [1.165, 1.54) is 35.3 Å². The summed E-state index contributed by atoms with van der Waals surface area (Å²) in [5.41, 5.74) is 1.61. The summed E-state index contributed by atoms with van der Waals surface area (Å²) in [6.45, 7) is 24.2. The van der Waals surface area contributed by atoms with Gasteiger partial charge in [0.25, 0.3) is 11.4 Å². The van der Waals surface area contributed by atoms with E-state index < -0.39 is 22.2 Å². The van der Waals surface area contributed by atoms with E-state index in [0.717, 1.165) is 10.8 Å². The normalized spacial score (nSPS) is 10.5. The molecule has 19 nitrogen and oxygen atoms in total. The number of anilines is 4. The van der Waals surface area contributed by atoms with Crippen molar-refractivity contribution < 1.29 is 37.4 Å². The molecule has 0 aliphatic rings. The molecule has 0 radical (unpaired) electrons. The fourth-order valence-electron chi connectivity index (χ4n) is 5.44. The number of hydrogen-bond acceptors (Lipinski definition) is 9. The van der Waals surface area contributed by atoms with Gasteiger partial charge in [0.1, 0.15) is 5.69 Å². The van der Waals surface area contributed by atoms with Crippen LogP contribution in [0.25, 0.3) is 31.6 Å². The van der Waals surface area contributed by atoms with Gasteiger partial charge in [0.05, 0.1) is 30.8 Å². The van der Waals surface area contributed by atoms with E-state index >= 15 is 0 Å². The molecule has 0 saturated heterocycles. The Kier molecular flexibility index (Phi) is 12.5. The van der Waals surface area contributed by atoms with Crippen molar-refractivity contribution in [3.05, 3.63) is 119 Å². The summed E-state index contributed by atoms with van der Waals surface area (Å²) in [4.78, 5) is 49.4. The maximum Gasteiger partial charge on any atom is 0.423 e. The molecule has 0 atom stereocenters. The zero-order valence-electron chi connectivity index (χ0n) is 32.1. The van der Waals surface area contributed by atoms with Crippen LogP contribution in [0.15, 0.2) is 84.9 Å². The van der Waals surface area contributed by atoms with Crippen LogP contribution in [0.4, 0.5) is 49.5 Å². The number of hydrogen-bond donors (Lipinski definition) is 4. The van der Waals surface area contributed by atoms with Crippen molar-refractivity contribution in [3.8, 4) is 28.9 Å². The first kappa shape index (κ1) is 41.9. The Morgan fingerprint density at radius 2 is 1.49 bits per heavy atom. The maximum absolute atomic E-state index is 13.6. The van der Waals surface area contributed by atoms with Crippen LogP contribution in [0.5, 0.6) is 17.5 Å². The molecule has 4 N–H and O–H groups in total. The topological polar surface area (TPSA) is 206 Å². The summed E-state index contributed by atoms with van der Waals surface area (Å²) in [5, 5.41) is 19.3. The van der Waals surface area contributed by atoms with E-state index in [1.54, 1.807) is 79.7 Å². The van der Waals surface area contributed by atoms with Gasteiger partial charge in [-0.05, 0) is 42.5 Å². The second-order valence-corrected chi connectivity index (χ2v) is 14.2. The van der Waals surface area contributed by atoms with E-state index in [1.807, 2.05) is 12.1 Å². The van der Waals surface area contributed by atoms with Crippen molar-refractivity contribution in [3.63, 3.8) is 0 Å². The van der Waals surface area contributed by atoms with Gasteiger partial charge in [-0.3, -0.25) is 14.1 Å². The van der Waals surface area contributed by atoms with Gasteiger partial charge < -0.3 is 29.6 Å². The molecule has 59 heavy (non-hydrogen) atoms. The van der Waals surface area contributed by atoms with Crippen LogP contribution in [-0.2, 0) is 21.9 Å². The highest BCUT2D eigenvalue weighted by molar-refractivity contribution is 7.92. The molecule has 300 valence electrons. The number of amides is 3. The Hall–Kier alpha value is -8.28. The third kappa shape index (κ3) is 9.07. The Bertz CT molecular complexity index is 2750. The molecule has 0 fully saturated rings. The number of aromatic hydroxyl groups is 1. The number of nitrogens with zero attached hydrogens (tertiary/aromatic N) is 8. The number of carbonyl (C=O) groups excluding carboxylic acids is 3. The average molecular weight is 818 g/mol. The number of sulfonamides is 1. The largest absolute Gasteiger partial charge is 0.503 e. The first-order valence-electron chi connectivity index (χ1n) is 17.2. The first-order valence-corrected chi connectivity index (χ1v) is 19.1. The van der Waals surface area contributed by atoms with E-state index in [4.69, 9.17) is 29.2 Å².